The second kappa shape index (κ2) is 7.20. The maximum absolute atomic E-state index is 11.5. The quantitative estimate of drug-likeness (QED) is 0.666. The third kappa shape index (κ3) is 3.70. The summed E-state index contributed by atoms with van der Waals surface area (Å²) in [5, 5.41) is 19.1. The van der Waals surface area contributed by atoms with Gasteiger partial charge in [-0.15, -0.1) is 0 Å². The molecule has 0 aliphatic rings. The topological polar surface area (TPSA) is 83.6 Å². The van der Waals surface area contributed by atoms with Crippen molar-refractivity contribution in [3.63, 3.8) is 0 Å². The first-order chi connectivity index (χ1) is 12.1. The number of carbonyl (C=O) groups is 1. The van der Waals surface area contributed by atoms with Crippen molar-refractivity contribution in [3.05, 3.63) is 90.0 Å². The Kier molecular flexibility index (Phi) is 4.82. The van der Waals surface area contributed by atoms with Gasteiger partial charge in [0.1, 0.15) is 11.8 Å². The SMILES string of the molecule is N[C@H](C(=O)O)[C@@H](c1ccc(-c2ccccc2)cc1)c1cccc(O)c1. The van der Waals surface area contributed by atoms with Crippen LogP contribution in [0.3, 0.4) is 0 Å². The standard InChI is InChI=1S/C21H19NO3/c22-20(21(24)25)19(17-7-4-8-18(23)13-17)16-11-9-15(10-12-16)14-5-2-1-3-6-14/h1-13,19-20,23H,22H2,(H,24,25)/t19-,20-/m0/s1. The molecule has 0 radical (unpaired) electrons. The zero-order chi connectivity index (χ0) is 17.8. The first kappa shape index (κ1) is 16.7. The van der Waals surface area contributed by atoms with E-state index in [0.29, 0.717) is 5.56 Å². The summed E-state index contributed by atoms with van der Waals surface area (Å²) >= 11 is 0. The van der Waals surface area contributed by atoms with Crippen molar-refractivity contribution in [2.24, 2.45) is 5.73 Å². The summed E-state index contributed by atoms with van der Waals surface area (Å²) in [6.45, 7) is 0. The summed E-state index contributed by atoms with van der Waals surface area (Å²) in [6, 6.07) is 23.1. The summed E-state index contributed by atoms with van der Waals surface area (Å²) in [7, 11) is 0. The minimum absolute atomic E-state index is 0.0843. The van der Waals surface area contributed by atoms with Crippen molar-refractivity contribution >= 4 is 5.97 Å². The summed E-state index contributed by atoms with van der Waals surface area (Å²) in [5.41, 5.74) is 9.54. The van der Waals surface area contributed by atoms with Gasteiger partial charge in [0.05, 0.1) is 0 Å². The lowest BCUT2D eigenvalue weighted by molar-refractivity contribution is -0.138. The van der Waals surface area contributed by atoms with Gasteiger partial charge in [-0.3, -0.25) is 4.79 Å². The summed E-state index contributed by atoms with van der Waals surface area (Å²) in [6.07, 6.45) is 0. The molecule has 0 fully saturated rings. The van der Waals surface area contributed by atoms with Gasteiger partial charge < -0.3 is 15.9 Å². The number of hydrogen-bond donors (Lipinski definition) is 3. The Morgan fingerprint density at radius 2 is 1.44 bits per heavy atom. The molecule has 3 aromatic rings. The number of aliphatic carboxylic acids is 1. The fourth-order valence-electron chi connectivity index (χ4n) is 2.98. The van der Waals surface area contributed by atoms with E-state index in [2.05, 4.69) is 0 Å². The number of phenolic OH excluding ortho intramolecular Hbond substituents is 1. The zero-order valence-electron chi connectivity index (χ0n) is 13.5. The van der Waals surface area contributed by atoms with Gasteiger partial charge in [-0.25, -0.2) is 0 Å². The monoisotopic (exact) mass is 333 g/mol. The molecule has 0 saturated heterocycles. The number of benzene rings is 3. The molecule has 0 heterocycles. The smallest absolute Gasteiger partial charge is 0.321 e. The predicted molar refractivity (Wildman–Crippen MR) is 97.4 cm³/mol. The normalized spacial score (nSPS) is 13.2. The highest BCUT2D eigenvalue weighted by molar-refractivity contribution is 5.76. The van der Waals surface area contributed by atoms with E-state index in [1.807, 2.05) is 54.6 Å². The maximum atomic E-state index is 11.5. The molecule has 126 valence electrons. The van der Waals surface area contributed by atoms with Crippen LogP contribution in [0.5, 0.6) is 5.75 Å². The fourth-order valence-corrected chi connectivity index (χ4v) is 2.98. The highest BCUT2D eigenvalue weighted by Crippen LogP contribution is 2.31. The van der Waals surface area contributed by atoms with Crippen LogP contribution in [0.25, 0.3) is 11.1 Å². The minimum atomic E-state index is -1.11. The largest absolute Gasteiger partial charge is 0.508 e. The van der Waals surface area contributed by atoms with Gasteiger partial charge in [-0.05, 0) is 34.4 Å². The predicted octanol–water partition coefficient (Wildman–Crippen LogP) is 3.60. The molecular formula is C21H19NO3. The van der Waals surface area contributed by atoms with Crippen LogP contribution in [0.1, 0.15) is 17.0 Å². The van der Waals surface area contributed by atoms with Crippen LogP contribution >= 0.6 is 0 Å². The molecule has 0 unspecified atom stereocenters. The maximum Gasteiger partial charge on any atom is 0.321 e. The number of rotatable bonds is 5. The highest BCUT2D eigenvalue weighted by Gasteiger charge is 2.27. The van der Waals surface area contributed by atoms with Crippen molar-refractivity contribution in [1.29, 1.82) is 0 Å². The Hall–Kier alpha value is -3.11. The summed E-state index contributed by atoms with van der Waals surface area (Å²) < 4.78 is 0. The van der Waals surface area contributed by atoms with Crippen LogP contribution in [0.4, 0.5) is 0 Å². The minimum Gasteiger partial charge on any atom is -0.508 e. The van der Waals surface area contributed by atoms with E-state index in [9.17, 15) is 15.0 Å². The molecule has 0 bridgehead atoms. The Labute approximate surface area is 146 Å². The molecule has 4 N–H and O–H groups in total. The molecule has 2 atom stereocenters. The third-order valence-corrected chi connectivity index (χ3v) is 4.25. The number of hydrogen-bond acceptors (Lipinski definition) is 3. The number of phenols is 1. The van der Waals surface area contributed by atoms with Gasteiger partial charge in [-0.1, -0.05) is 66.7 Å². The van der Waals surface area contributed by atoms with Crippen LogP contribution in [-0.4, -0.2) is 22.2 Å². The van der Waals surface area contributed by atoms with Crippen LogP contribution in [0.15, 0.2) is 78.9 Å². The van der Waals surface area contributed by atoms with Gasteiger partial charge in [-0.2, -0.15) is 0 Å². The van der Waals surface area contributed by atoms with Crippen LogP contribution < -0.4 is 5.73 Å². The number of carboxylic acids is 1. The first-order valence-corrected chi connectivity index (χ1v) is 7.99. The molecular weight excluding hydrogens is 314 g/mol. The highest BCUT2D eigenvalue weighted by atomic mass is 16.4. The second-order valence-corrected chi connectivity index (χ2v) is 5.92. The Morgan fingerprint density at radius 3 is 2.04 bits per heavy atom. The Bertz CT molecular complexity index is 860. The first-order valence-electron chi connectivity index (χ1n) is 7.99. The molecule has 25 heavy (non-hydrogen) atoms. The zero-order valence-corrected chi connectivity index (χ0v) is 13.5. The number of nitrogens with two attached hydrogens (primary N) is 1. The average molecular weight is 333 g/mol. The molecule has 4 heteroatoms. The van der Waals surface area contributed by atoms with Gasteiger partial charge in [0.25, 0.3) is 0 Å². The fraction of sp³-hybridized carbons (Fsp3) is 0.0952. The van der Waals surface area contributed by atoms with E-state index >= 15 is 0 Å². The average Bonchev–Trinajstić information content (AvgIpc) is 2.63. The molecule has 0 aliphatic carbocycles. The molecule has 0 aliphatic heterocycles. The van der Waals surface area contributed by atoms with E-state index in [1.165, 1.54) is 0 Å². The Balaban J connectivity index is 2.00. The van der Waals surface area contributed by atoms with Crippen molar-refractivity contribution in [1.82, 2.24) is 0 Å². The lowest BCUT2D eigenvalue weighted by atomic mass is 9.84. The van der Waals surface area contributed by atoms with Crippen LogP contribution in [0.2, 0.25) is 0 Å². The van der Waals surface area contributed by atoms with E-state index in [0.717, 1.165) is 16.7 Å². The lowest BCUT2D eigenvalue weighted by Crippen LogP contribution is -2.37. The van der Waals surface area contributed by atoms with Gasteiger partial charge in [0, 0.05) is 5.92 Å². The van der Waals surface area contributed by atoms with Crippen LogP contribution in [-0.2, 0) is 4.79 Å². The molecule has 0 amide bonds. The van der Waals surface area contributed by atoms with E-state index < -0.39 is 17.9 Å². The number of aromatic hydroxyl groups is 1. The van der Waals surface area contributed by atoms with Gasteiger partial charge >= 0.3 is 5.97 Å². The van der Waals surface area contributed by atoms with Crippen molar-refractivity contribution in [2.45, 2.75) is 12.0 Å². The van der Waals surface area contributed by atoms with Crippen molar-refractivity contribution in [2.75, 3.05) is 0 Å². The molecule has 3 aromatic carbocycles. The summed E-state index contributed by atoms with van der Waals surface area (Å²) in [5.74, 6) is -1.55. The molecule has 0 saturated carbocycles. The molecule has 0 aromatic heterocycles. The van der Waals surface area contributed by atoms with E-state index in [4.69, 9.17) is 5.73 Å². The van der Waals surface area contributed by atoms with Crippen LogP contribution in [0, 0.1) is 0 Å². The van der Waals surface area contributed by atoms with Gasteiger partial charge in [0.15, 0.2) is 0 Å². The second-order valence-electron chi connectivity index (χ2n) is 5.92. The van der Waals surface area contributed by atoms with E-state index in [1.54, 1.807) is 24.3 Å². The van der Waals surface area contributed by atoms with Crippen molar-refractivity contribution < 1.29 is 15.0 Å². The Morgan fingerprint density at radius 1 is 0.800 bits per heavy atom. The number of carboxylic acid groups (broad SMARTS) is 1. The summed E-state index contributed by atoms with van der Waals surface area (Å²) in [4.78, 5) is 11.5. The molecule has 3 rings (SSSR count). The van der Waals surface area contributed by atoms with E-state index in [-0.39, 0.29) is 5.75 Å². The molecule has 4 nitrogen and oxygen atoms in total. The van der Waals surface area contributed by atoms with Gasteiger partial charge in [0.2, 0.25) is 0 Å². The van der Waals surface area contributed by atoms with Crippen molar-refractivity contribution in [3.8, 4) is 16.9 Å². The lowest BCUT2D eigenvalue weighted by Gasteiger charge is -2.22. The third-order valence-electron chi connectivity index (χ3n) is 4.25. The molecule has 0 spiro atoms.